The van der Waals surface area contributed by atoms with E-state index in [0.29, 0.717) is 31.2 Å². The average molecular weight is 591 g/mol. The number of halogens is 15. The van der Waals surface area contributed by atoms with Crippen molar-refractivity contribution in [1.82, 2.24) is 0 Å². The molecule has 0 N–H and O–H groups in total. The predicted molar refractivity (Wildman–Crippen MR) is 88.7 cm³/mol. The molecule has 0 aliphatic carbocycles. The van der Waals surface area contributed by atoms with Crippen molar-refractivity contribution in [3.05, 3.63) is 39.9 Å². The van der Waals surface area contributed by atoms with Crippen molar-refractivity contribution in [2.24, 2.45) is 0 Å². The molecular weight excluding hydrogens is 583 g/mol. The summed E-state index contributed by atoms with van der Waals surface area (Å²) in [5, 5.41) is 10.5. The Labute approximate surface area is 198 Å². The maximum atomic E-state index is 13.8. The second-order valence-electron chi connectivity index (χ2n) is 7.16. The highest BCUT2D eigenvalue weighted by molar-refractivity contribution is 6.00. The van der Waals surface area contributed by atoms with E-state index in [1.165, 1.54) is 0 Å². The molecule has 0 spiro atoms. The first-order valence-corrected chi connectivity index (χ1v) is 8.96. The first kappa shape index (κ1) is 32.7. The van der Waals surface area contributed by atoms with E-state index in [2.05, 4.69) is 4.74 Å². The van der Waals surface area contributed by atoms with Crippen LogP contribution < -0.4 is 0 Å². The van der Waals surface area contributed by atoms with Crippen molar-refractivity contribution in [3.63, 3.8) is 0 Å². The summed E-state index contributed by atoms with van der Waals surface area (Å²) in [6.45, 7) is 0.292. The number of ketones is 1. The maximum Gasteiger partial charge on any atom is 0.460 e. The van der Waals surface area contributed by atoms with Gasteiger partial charge in [-0.2, -0.15) is 65.9 Å². The molecule has 0 saturated carbocycles. The monoisotopic (exact) mass is 591 g/mol. The molecule has 1 aromatic carbocycles. The minimum absolute atomic E-state index is 0.292. The summed E-state index contributed by atoms with van der Waals surface area (Å²) >= 11 is 0. The van der Waals surface area contributed by atoms with E-state index in [1.54, 1.807) is 0 Å². The number of ether oxygens (including phenoxy) is 1. The minimum atomic E-state index is -8.59. The van der Waals surface area contributed by atoms with Crippen LogP contribution in [-0.4, -0.2) is 64.5 Å². The second kappa shape index (κ2) is 9.47. The molecule has 0 aliphatic heterocycles. The van der Waals surface area contributed by atoms with Crippen molar-refractivity contribution < 1.29 is 85.1 Å². The van der Waals surface area contributed by atoms with Gasteiger partial charge in [-0.05, 0) is 19.1 Å². The number of Topliss-reactive ketones (excluding diaryl/α,β-unsaturated/α-hetero) is 1. The lowest BCUT2D eigenvalue weighted by atomic mass is 9.91. The highest BCUT2D eigenvalue weighted by atomic mass is 19.4. The number of non-ortho nitro benzene ring substituents is 1. The molecule has 0 saturated heterocycles. The summed E-state index contributed by atoms with van der Waals surface area (Å²) in [4.78, 5) is 32.9. The van der Waals surface area contributed by atoms with Crippen molar-refractivity contribution in [1.29, 1.82) is 0 Å². The number of nitro benzene ring substituents is 1. The Bertz CT molecular complexity index is 1080. The number of nitrogens with zero attached hydrogens (tertiary/aromatic N) is 1. The molecule has 0 amide bonds. The molecule has 0 aliphatic rings. The van der Waals surface area contributed by atoms with Gasteiger partial charge in [0, 0.05) is 17.7 Å². The Balaban J connectivity index is 3.36. The summed E-state index contributed by atoms with van der Waals surface area (Å²) in [6.07, 6.45) is -10.5. The van der Waals surface area contributed by atoms with E-state index in [1.807, 2.05) is 0 Å². The second-order valence-corrected chi connectivity index (χ2v) is 7.16. The molecule has 0 radical (unpaired) electrons. The number of esters is 1. The highest BCUT2D eigenvalue weighted by Crippen LogP contribution is 2.62. The fourth-order valence-electron chi connectivity index (χ4n) is 2.37. The van der Waals surface area contributed by atoms with Crippen molar-refractivity contribution in [2.75, 3.05) is 0 Å². The van der Waals surface area contributed by atoms with E-state index in [0.717, 1.165) is 0 Å². The topological polar surface area (TPSA) is 86.5 Å². The number of carbonyl (C=O) groups excluding carboxylic acids is 2. The third kappa shape index (κ3) is 4.81. The number of carbonyl (C=O) groups is 2. The number of hydrogen-bond acceptors (Lipinski definition) is 5. The Morgan fingerprint density at radius 2 is 1.08 bits per heavy atom. The van der Waals surface area contributed by atoms with Crippen LogP contribution in [0.25, 0.3) is 0 Å². The van der Waals surface area contributed by atoms with Gasteiger partial charge >= 0.3 is 47.7 Å². The number of rotatable bonds is 10. The third-order valence-corrected chi connectivity index (χ3v) is 4.60. The van der Waals surface area contributed by atoms with Gasteiger partial charge in [0.1, 0.15) is 0 Å². The normalized spacial score (nSPS) is 15.2. The van der Waals surface area contributed by atoms with Crippen molar-refractivity contribution in [3.8, 4) is 0 Å². The van der Waals surface area contributed by atoms with Gasteiger partial charge in [0.15, 0.2) is 6.10 Å². The van der Waals surface area contributed by atoms with Gasteiger partial charge in [0.2, 0.25) is 5.78 Å². The number of benzene rings is 1. The van der Waals surface area contributed by atoms with Crippen LogP contribution in [0.2, 0.25) is 0 Å². The standard InChI is InChI=1S/C17H8F15NO5/c1-6(9(34)7-2-4-8(5-3-7)33(36)37)38-10(35)11(18,19)12(20,21)13(22,23)14(24,25)15(26,27)16(28,29)17(30,31)32/h2-6H,1H3. The molecule has 1 rings (SSSR count). The van der Waals surface area contributed by atoms with Gasteiger partial charge < -0.3 is 4.74 Å². The van der Waals surface area contributed by atoms with Crippen LogP contribution in [0.4, 0.5) is 71.5 Å². The van der Waals surface area contributed by atoms with Gasteiger partial charge in [-0.1, -0.05) is 0 Å². The molecule has 6 nitrogen and oxygen atoms in total. The summed E-state index contributed by atoms with van der Waals surface area (Å²) in [5.74, 6) is -54.9. The summed E-state index contributed by atoms with van der Waals surface area (Å²) in [6, 6.07) is 2.42. The first-order valence-electron chi connectivity index (χ1n) is 8.96. The molecular formula is C17H8F15NO5. The maximum absolute atomic E-state index is 13.8. The zero-order valence-electron chi connectivity index (χ0n) is 17.5. The zero-order valence-corrected chi connectivity index (χ0v) is 17.5. The van der Waals surface area contributed by atoms with Gasteiger partial charge in [-0.15, -0.1) is 0 Å². The Hall–Kier alpha value is -3.29. The fraction of sp³-hybridized carbons (Fsp3) is 0.529. The molecule has 38 heavy (non-hydrogen) atoms. The molecule has 1 unspecified atom stereocenters. The fourth-order valence-corrected chi connectivity index (χ4v) is 2.37. The molecule has 1 aromatic rings. The first-order chi connectivity index (χ1) is 16.6. The summed E-state index contributed by atoms with van der Waals surface area (Å²) < 4.78 is 201. The van der Waals surface area contributed by atoms with Gasteiger partial charge in [-0.25, -0.2) is 4.79 Å². The van der Waals surface area contributed by atoms with Crippen LogP contribution in [-0.2, 0) is 9.53 Å². The molecule has 0 fully saturated rings. The van der Waals surface area contributed by atoms with E-state index >= 15 is 0 Å². The molecule has 0 heterocycles. The van der Waals surface area contributed by atoms with Crippen LogP contribution in [0.15, 0.2) is 24.3 Å². The van der Waals surface area contributed by atoms with Gasteiger partial charge in [0.05, 0.1) is 4.92 Å². The van der Waals surface area contributed by atoms with Crippen LogP contribution in [0.3, 0.4) is 0 Å². The van der Waals surface area contributed by atoms with Crippen LogP contribution >= 0.6 is 0 Å². The van der Waals surface area contributed by atoms with E-state index in [9.17, 15) is 85.6 Å². The van der Waals surface area contributed by atoms with E-state index < -0.39 is 75.7 Å². The van der Waals surface area contributed by atoms with Crippen LogP contribution in [0.5, 0.6) is 0 Å². The lowest BCUT2D eigenvalue weighted by molar-refractivity contribution is -0.450. The molecule has 216 valence electrons. The summed E-state index contributed by atoms with van der Waals surface area (Å²) in [5.41, 5.74) is -1.38. The highest BCUT2D eigenvalue weighted by Gasteiger charge is 2.94. The Kier molecular flexibility index (Phi) is 8.16. The van der Waals surface area contributed by atoms with E-state index in [-0.39, 0.29) is 0 Å². The minimum Gasteiger partial charge on any atom is -0.450 e. The van der Waals surface area contributed by atoms with Crippen molar-refractivity contribution >= 4 is 17.4 Å². The van der Waals surface area contributed by atoms with Crippen molar-refractivity contribution in [2.45, 2.75) is 54.7 Å². The molecule has 0 aromatic heterocycles. The Morgan fingerprint density at radius 3 is 1.45 bits per heavy atom. The van der Waals surface area contributed by atoms with Gasteiger partial charge in [-0.3, -0.25) is 14.9 Å². The number of nitro groups is 1. The Morgan fingerprint density at radius 1 is 0.711 bits per heavy atom. The number of hydrogen-bond donors (Lipinski definition) is 0. The average Bonchev–Trinajstić information content (AvgIpc) is 2.76. The lowest BCUT2D eigenvalue weighted by Gasteiger charge is -2.40. The summed E-state index contributed by atoms with van der Waals surface area (Å²) in [7, 11) is 0. The van der Waals surface area contributed by atoms with Crippen LogP contribution in [0, 0.1) is 10.1 Å². The lowest BCUT2D eigenvalue weighted by Crippen LogP contribution is -2.73. The zero-order chi connectivity index (χ0) is 30.5. The third-order valence-electron chi connectivity index (χ3n) is 4.60. The molecule has 21 heteroatoms. The SMILES string of the molecule is CC(OC(=O)C(F)(F)C(F)(F)C(F)(F)C(F)(F)C(F)(F)C(F)(F)C(F)(F)F)C(=O)c1ccc([N+](=O)[O-])cc1. The largest absolute Gasteiger partial charge is 0.460 e. The molecule has 1 atom stereocenters. The van der Waals surface area contributed by atoms with Gasteiger partial charge in [0.25, 0.3) is 5.69 Å². The number of alkyl halides is 15. The quantitative estimate of drug-likeness (QED) is 0.108. The smallest absolute Gasteiger partial charge is 0.450 e. The van der Waals surface area contributed by atoms with E-state index in [4.69, 9.17) is 0 Å². The molecule has 0 bridgehead atoms. The van der Waals surface area contributed by atoms with Crippen LogP contribution in [0.1, 0.15) is 17.3 Å². The predicted octanol–water partition coefficient (Wildman–Crippen LogP) is 6.08.